The minimum Gasteiger partial charge on any atom is -0.311 e. The Bertz CT molecular complexity index is 176. The maximum absolute atomic E-state index is 3.87. The first-order valence-electron chi connectivity index (χ1n) is 7.04. The first-order valence-corrected chi connectivity index (χ1v) is 7.04. The molecule has 0 bridgehead atoms. The van der Waals surface area contributed by atoms with Crippen LogP contribution in [-0.4, -0.2) is 12.1 Å². The third-order valence-corrected chi connectivity index (χ3v) is 4.50. The fourth-order valence-corrected chi connectivity index (χ4v) is 3.29. The molecule has 1 heteroatoms. The summed E-state index contributed by atoms with van der Waals surface area (Å²) in [7, 11) is 0. The normalized spacial score (nSPS) is 27.8. The molecule has 0 radical (unpaired) electrons. The van der Waals surface area contributed by atoms with Gasteiger partial charge in [-0.15, -0.1) is 0 Å². The molecule has 2 fully saturated rings. The lowest BCUT2D eigenvalue weighted by molar-refractivity contribution is 0.225. The van der Waals surface area contributed by atoms with E-state index in [0.29, 0.717) is 5.54 Å². The van der Waals surface area contributed by atoms with Crippen LogP contribution in [0.25, 0.3) is 0 Å². The van der Waals surface area contributed by atoms with Gasteiger partial charge in [-0.25, -0.2) is 0 Å². The zero-order valence-corrected chi connectivity index (χ0v) is 10.4. The highest BCUT2D eigenvalue weighted by Crippen LogP contribution is 2.29. The summed E-state index contributed by atoms with van der Waals surface area (Å²) in [5, 5.41) is 3.87. The van der Waals surface area contributed by atoms with Gasteiger partial charge in [-0.1, -0.05) is 38.5 Å². The van der Waals surface area contributed by atoms with Crippen molar-refractivity contribution in [1.29, 1.82) is 0 Å². The predicted molar refractivity (Wildman–Crippen MR) is 66.1 cm³/mol. The zero-order valence-electron chi connectivity index (χ0n) is 10.4. The van der Waals surface area contributed by atoms with E-state index in [1.54, 1.807) is 0 Å². The van der Waals surface area contributed by atoms with Crippen LogP contribution < -0.4 is 5.32 Å². The van der Waals surface area contributed by atoms with Crippen molar-refractivity contribution in [2.75, 3.05) is 6.54 Å². The standard InChI is InChI=1S/C14H27N/c1-14(10-6-3-7-11-14)15-12-13-8-4-2-5-9-13/h13,15H,2-12H2,1H3. The molecule has 0 aromatic rings. The Balaban J connectivity index is 1.70. The van der Waals surface area contributed by atoms with Gasteiger partial charge in [0.2, 0.25) is 0 Å². The molecule has 0 aliphatic heterocycles. The van der Waals surface area contributed by atoms with Crippen LogP contribution in [0.15, 0.2) is 0 Å². The Morgan fingerprint density at radius 3 is 2.20 bits per heavy atom. The van der Waals surface area contributed by atoms with E-state index < -0.39 is 0 Å². The van der Waals surface area contributed by atoms with E-state index in [1.165, 1.54) is 70.8 Å². The summed E-state index contributed by atoms with van der Waals surface area (Å²) in [6, 6.07) is 0. The summed E-state index contributed by atoms with van der Waals surface area (Å²) in [5.74, 6) is 0.984. The second-order valence-corrected chi connectivity index (χ2v) is 6.01. The highest BCUT2D eigenvalue weighted by molar-refractivity contribution is 4.87. The molecular weight excluding hydrogens is 182 g/mol. The van der Waals surface area contributed by atoms with E-state index >= 15 is 0 Å². The van der Waals surface area contributed by atoms with Crippen molar-refractivity contribution < 1.29 is 0 Å². The van der Waals surface area contributed by atoms with E-state index in [0.717, 1.165) is 5.92 Å². The smallest absolute Gasteiger partial charge is 0.0153 e. The second kappa shape index (κ2) is 5.34. The van der Waals surface area contributed by atoms with Crippen molar-refractivity contribution >= 4 is 0 Å². The van der Waals surface area contributed by atoms with Crippen LogP contribution in [0.1, 0.15) is 71.1 Å². The molecule has 0 saturated heterocycles. The molecule has 15 heavy (non-hydrogen) atoms. The highest BCUT2D eigenvalue weighted by Gasteiger charge is 2.27. The molecular formula is C14H27N. The van der Waals surface area contributed by atoms with Crippen molar-refractivity contribution in [2.24, 2.45) is 5.92 Å². The molecule has 0 atom stereocenters. The van der Waals surface area contributed by atoms with Gasteiger partial charge in [0, 0.05) is 5.54 Å². The van der Waals surface area contributed by atoms with Crippen LogP contribution in [-0.2, 0) is 0 Å². The van der Waals surface area contributed by atoms with Gasteiger partial charge >= 0.3 is 0 Å². The molecule has 2 aliphatic rings. The molecule has 1 nitrogen and oxygen atoms in total. The molecule has 0 spiro atoms. The first-order chi connectivity index (χ1) is 7.29. The van der Waals surface area contributed by atoms with Gasteiger partial charge in [-0.3, -0.25) is 0 Å². The van der Waals surface area contributed by atoms with E-state index in [2.05, 4.69) is 12.2 Å². The Labute approximate surface area is 95.0 Å². The number of hydrogen-bond donors (Lipinski definition) is 1. The van der Waals surface area contributed by atoms with Crippen LogP contribution in [0.3, 0.4) is 0 Å². The van der Waals surface area contributed by atoms with Gasteiger partial charge in [-0.2, -0.15) is 0 Å². The molecule has 1 N–H and O–H groups in total. The van der Waals surface area contributed by atoms with E-state index in [-0.39, 0.29) is 0 Å². The highest BCUT2D eigenvalue weighted by atomic mass is 15.0. The fourth-order valence-electron chi connectivity index (χ4n) is 3.29. The maximum Gasteiger partial charge on any atom is 0.0153 e. The largest absolute Gasteiger partial charge is 0.311 e. The summed E-state index contributed by atoms with van der Waals surface area (Å²) in [6.45, 7) is 3.73. The van der Waals surface area contributed by atoms with E-state index in [9.17, 15) is 0 Å². The van der Waals surface area contributed by atoms with Gasteiger partial charge in [0.05, 0.1) is 0 Å². The molecule has 88 valence electrons. The first kappa shape index (κ1) is 11.4. The second-order valence-electron chi connectivity index (χ2n) is 6.01. The summed E-state index contributed by atoms with van der Waals surface area (Å²) < 4.78 is 0. The van der Waals surface area contributed by atoms with E-state index in [1.807, 2.05) is 0 Å². The molecule has 2 saturated carbocycles. The van der Waals surface area contributed by atoms with E-state index in [4.69, 9.17) is 0 Å². The van der Waals surface area contributed by atoms with Crippen LogP contribution in [0.2, 0.25) is 0 Å². The van der Waals surface area contributed by atoms with Gasteiger partial charge in [0.1, 0.15) is 0 Å². The Morgan fingerprint density at radius 2 is 1.53 bits per heavy atom. The van der Waals surface area contributed by atoms with Crippen LogP contribution in [0, 0.1) is 5.92 Å². The molecule has 2 rings (SSSR count). The Kier molecular flexibility index (Phi) is 4.07. The molecule has 0 aromatic carbocycles. The zero-order chi connectivity index (χ0) is 10.6. The Morgan fingerprint density at radius 1 is 0.933 bits per heavy atom. The molecule has 0 heterocycles. The lowest BCUT2D eigenvalue weighted by Crippen LogP contribution is -2.46. The maximum atomic E-state index is 3.87. The van der Waals surface area contributed by atoms with Crippen molar-refractivity contribution in [2.45, 2.75) is 76.7 Å². The molecule has 0 unspecified atom stereocenters. The van der Waals surface area contributed by atoms with Gasteiger partial charge < -0.3 is 5.32 Å². The lowest BCUT2D eigenvalue weighted by atomic mass is 9.82. The molecule has 0 amide bonds. The monoisotopic (exact) mass is 209 g/mol. The summed E-state index contributed by atoms with van der Waals surface area (Å²) in [5.41, 5.74) is 0.482. The summed E-state index contributed by atoms with van der Waals surface area (Å²) >= 11 is 0. The average molecular weight is 209 g/mol. The topological polar surface area (TPSA) is 12.0 Å². The number of hydrogen-bond acceptors (Lipinski definition) is 1. The van der Waals surface area contributed by atoms with Crippen molar-refractivity contribution in [3.63, 3.8) is 0 Å². The van der Waals surface area contributed by atoms with Crippen molar-refractivity contribution in [3.8, 4) is 0 Å². The molecule has 0 aromatic heterocycles. The van der Waals surface area contributed by atoms with Crippen LogP contribution >= 0.6 is 0 Å². The quantitative estimate of drug-likeness (QED) is 0.744. The predicted octanol–water partition coefficient (Wildman–Crippen LogP) is 3.88. The summed E-state index contributed by atoms with van der Waals surface area (Å²) in [6.07, 6.45) is 14.5. The van der Waals surface area contributed by atoms with Crippen molar-refractivity contribution in [1.82, 2.24) is 5.32 Å². The van der Waals surface area contributed by atoms with Gasteiger partial charge in [0.15, 0.2) is 0 Å². The van der Waals surface area contributed by atoms with Crippen LogP contribution in [0.4, 0.5) is 0 Å². The van der Waals surface area contributed by atoms with Crippen molar-refractivity contribution in [3.05, 3.63) is 0 Å². The SMILES string of the molecule is CC1(NCC2CCCCC2)CCCCC1. The minimum absolute atomic E-state index is 0.482. The average Bonchev–Trinajstić information content (AvgIpc) is 2.29. The lowest BCUT2D eigenvalue weighted by Gasteiger charge is -2.36. The van der Waals surface area contributed by atoms with Crippen LogP contribution in [0.5, 0.6) is 0 Å². The summed E-state index contributed by atoms with van der Waals surface area (Å²) in [4.78, 5) is 0. The fraction of sp³-hybridized carbons (Fsp3) is 1.00. The van der Waals surface area contributed by atoms with Gasteiger partial charge in [-0.05, 0) is 45.1 Å². The third kappa shape index (κ3) is 3.48. The number of nitrogens with one attached hydrogen (secondary N) is 1. The number of rotatable bonds is 3. The minimum atomic E-state index is 0.482. The van der Waals surface area contributed by atoms with Gasteiger partial charge in [0.25, 0.3) is 0 Å². The third-order valence-electron chi connectivity index (χ3n) is 4.50. The molecule has 2 aliphatic carbocycles. The Hall–Kier alpha value is -0.0400.